The van der Waals surface area contributed by atoms with Crippen molar-refractivity contribution in [3.8, 4) is 0 Å². The molecule has 4 bridgehead atoms. The summed E-state index contributed by atoms with van der Waals surface area (Å²) in [7, 11) is 1.32. The topological polar surface area (TPSA) is 38.7 Å². The summed E-state index contributed by atoms with van der Waals surface area (Å²) in [4.78, 5) is 0. The summed E-state index contributed by atoms with van der Waals surface area (Å²) >= 11 is 0. The Morgan fingerprint density at radius 2 is 1.29 bits per heavy atom. The van der Waals surface area contributed by atoms with E-state index < -0.39 is 28.3 Å². The van der Waals surface area contributed by atoms with Crippen LogP contribution in [0.4, 0.5) is 17.6 Å². The molecule has 0 spiro atoms. The highest BCUT2D eigenvalue weighted by Gasteiger charge is 2.86. The number of rotatable bonds is 5. The Morgan fingerprint density at radius 1 is 0.742 bits per heavy atom. The lowest BCUT2D eigenvalue weighted by Crippen LogP contribution is -2.77. The number of ether oxygens (including phenoxy) is 2. The van der Waals surface area contributed by atoms with Crippen LogP contribution in [0, 0.1) is 22.2 Å². The lowest BCUT2D eigenvalue weighted by Gasteiger charge is -2.70. The number of aliphatic hydroxyl groups is 1. The first kappa shape index (κ1) is 22.4. The van der Waals surface area contributed by atoms with Crippen LogP contribution in [0.25, 0.3) is 0 Å². The Labute approximate surface area is 182 Å². The third-order valence-corrected chi connectivity index (χ3v) is 10.8. The maximum absolute atomic E-state index is 15.8. The lowest BCUT2D eigenvalue weighted by molar-refractivity contribution is -0.421. The maximum Gasteiger partial charge on any atom is 0.339 e. The first-order valence-electron chi connectivity index (χ1n) is 12.2. The van der Waals surface area contributed by atoms with E-state index in [-0.39, 0.29) is 44.0 Å². The van der Waals surface area contributed by atoms with Crippen LogP contribution in [0.1, 0.15) is 89.9 Å². The van der Waals surface area contributed by atoms with Gasteiger partial charge in [0.25, 0.3) is 0 Å². The largest absolute Gasteiger partial charge is 0.393 e. The minimum Gasteiger partial charge on any atom is -0.393 e. The van der Waals surface area contributed by atoms with Gasteiger partial charge in [0.2, 0.25) is 0 Å². The van der Waals surface area contributed by atoms with Gasteiger partial charge in [0, 0.05) is 12.5 Å². The Kier molecular flexibility index (Phi) is 5.09. The summed E-state index contributed by atoms with van der Waals surface area (Å²) in [6.45, 7) is -0.386. The van der Waals surface area contributed by atoms with Gasteiger partial charge in [0.1, 0.15) is 12.4 Å². The summed E-state index contributed by atoms with van der Waals surface area (Å²) < 4.78 is 72.6. The van der Waals surface area contributed by atoms with Crippen LogP contribution < -0.4 is 0 Å². The van der Waals surface area contributed by atoms with Crippen molar-refractivity contribution in [2.24, 2.45) is 22.2 Å². The van der Waals surface area contributed by atoms with E-state index >= 15 is 17.6 Å². The summed E-state index contributed by atoms with van der Waals surface area (Å²) in [5.74, 6) is -7.72. The number of methoxy groups -OCH3 is 1. The van der Waals surface area contributed by atoms with Gasteiger partial charge in [-0.15, -0.1) is 0 Å². The molecule has 0 aromatic heterocycles. The Morgan fingerprint density at radius 3 is 1.81 bits per heavy atom. The first-order valence-corrected chi connectivity index (χ1v) is 12.2. The molecule has 0 aliphatic heterocycles. The zero-order valence-corrected chi connectivity index (χ0v) is 18.5. The molecule has 0 saturated heterocycles. The molecule has 7 rings (SSSR count). The van der Waals surface area contributed by atoms with Crippen LogP contribution in [0.15, 0.2) is 0 Å². The number of halogens is 4. The highest BCUT2D eigenvalue weighted by atomic mass is 19.3. The van der Waals surface area contributed by atoms with E-state index in [0.717, 1.165) is 44.9 Å². The van der Waals surface area contributed by atoms with Crippen molar-refractivity contribution in [3.05, 3.63) is 0 Å². The average molecular weight is 449 g/mol. The molecule has 0 radical (unpaired) electrons. The number of hydrogen-bond donors (Lipinski definition) is 1. The summed E-state index contributed by atoms with van der Waals surface area (Å²) in [5.41, 5.74) is -4.26. The number of hydrogen-bond acceptors (Lipinski definition) is 3. The van der Waals surface area contributed by atoms with Gasteiger partial charge in [-0.05, 0) is 107 Å². The molecule has 0 heterocycles. The monoisotopic (exact) mass is 448 g/mol. The molecule has 0 atom stereocenters. The Balaban J connectivity index is 1.41. The third-order valence-electron chi connectivity index (χ3n) is 10.8. The zero-order valence-electron chi connectivity index (χ0n) is 18.5. The minimum absolute atomic E-state index is 0.0215. The zero-order chi connectivity index (χ0) is 22.2. The van der Waals surface area contributed by atoms with Gasteiger partial charge in [0.15, 0.2) is 0 Å². The predicted molar refractivity (Wildman–Crippen MR) is 107 cm³/mol. The van der Waals surface area contributed by atoms with E-state index in [1.54, 1.807) is 0 Å². The van der Waals surface area contributed by atoms with Gasteiger partial charge in [-0.2, -0.15) is 17.6 Å². The number of fused-ring (bicyclic) bond motifs is 6. The van der Waals surface area contributed by atoms with Crippen molar-refractivity contribution in [2.75, 3.05) is 13.9 Å². The molecule has 1 N–H and O–H groups in total. The second-order valence-electron chi connectivity index (χ2n) is 11.4. The third kappa shape index (κ3) is 2.69. The fourth-order valence-corrected chi connectivity index (χ4v) is 8.80. The maximum atomic E-state index is 15.8. The van der Waals surface area contributed by atoms with E-state index in [4.69, 9.17) is 9.47 Å². The van der Waals surface area contributed by atoms with Crippen molar-refractivity contribution in [1.29, 1.82) is 0 Å². The van der Waals surface area contributed by atoms with Crippen LogP contribution in [0.3, 0.4) is 0 Å². The molecule has 7 saturated carbocycles. The van der Waals surface area contributed by atoms with E-state index in [1.165, 1.54) is 7.11 Å². The number of aliphatic hydroxyl groups excluding tert-OH is 1. The average Bonchev–Trinajstić information content (AvgIpc) is 2.78. The van der Waals surface area contributed by atoms with Gasteiger partial charge in [-0.25, -0.2) is 0 Å². The van der Waals surface area contributed by atoms with Crippen LogP contribution >= 0.6 is 0 Å². The van der Waals surface area contributed by atoms with E-state index in [0.29, 0.717) is 25.2 Å². The summed E-state index contributed by atoms with van der Waals surface area (Å²) in [6.07, 6.45) is 8.21. The van der Waals surface area contributed by atoms with Crippen LogP contribution in [0.2, 0.25) is 0 Å². The van der Waals surface area contributed by atoms with Gasteiger partial charge in [-0.1, -0.05) is 0 Å². The van der Waals surface area contributed by atoms with Crippen molar-refractivity contribution >= 4 is 0 Å². The Bertz CT molecular complexity index is 668. The summed E-state index contributed by atoms with van der Waals surface area (Å²) in [5, 5.41) is 9.88. The lowest BCUT2D eigenvalue weighted by atomic mass is 9.37. The predicted octanol–water partition coefficient (Wildman–Crippen LogP) is 6.08. The standard InChI is InChI=1S/C24H36F4O3/c1-30-16-31-22-14-12-21(13-15-22,23(25,26)24(22,27)28)20-9-6-19(7-10-20,8-11-20)17-2-4-18(29)5-3-17/h17-18,29H,2-16H2,1H3. The van der Waals surface area contributed by atoms with Gasteiger partial charge < -0.3 is 14.6 Å². The van der Waals surface area contributed by atoms with E-state index in [2.05, 4.69) is 0 Å². The van der Waals surface area contributed by atoms with Crippen molar-refractivity contribution in [2.45, 2.75) is 113 Å². The fourth-order valence-electron chi connectivity index (χ4n) is 8.80. The van der Waals surface area contributed by atoms with Gasteiger partial charge >= 0.3 is 11.8 Å². The molecular weight excluding hydrogens is 412 g/mol. The molecule has 0 aromatic rings. The Hall–Kier alpha value is -0.400. The molecular formula is C24H36F4O3. The van der Waals surface area contributed by atoms with Gasteiger partial charge in [-0.3, -0.25) is 0 Å². The SMILES string of the molecule is COCOC12CCC(C34CCC(C5CCC(O)CC5)(CC3)CC4)(CC1)C(F)(F)C2(F)F. The molecule has 0 unspecified atom stereocenters. The van der Waals surface area contributed by atoms with Gasteiger partial charge in [0.05, 0.1) is 6.10 Å². The van der Waals surface area contributed by atoms with Crippen molar-refractivity contribution in [3.63, 3.8) is 0 Å². The highest BCUT2D eigenvalue weighted by molar-refractivity contribution is 5.25. The van der Waals surface area contributed by atoms with Crippen molar-refractivity contribution in [1.82, 2.24) is 0 Å². The molecule has 31 heavy (non-hydrogen) atoms. The molecule has 0 amide bonds. The van der Waals surface area contributed by atoms with Crippen LogP contribution in [0.5, 0.6) is 0 Å². The second kappa shape index (κ2) is 7.05. The molecule has 7 aliphatic rings. The minimum atomic E-state index is -4.19. The first-order chi connectivity index (χ1) is 14.6. The quantitative estimate of drug-likeness (QED) is 0.409. The molecule has 7 fully saturated rings. The molecule has 7 heteroatoms. The van der Waals surface area contributed by atoms with E-state index in [1.807, 2.05) is 0 Å². The molecule has 178 valence electrons. The second-order valence-corrected chi connectivity index (χ2v) is 11.4. The molecule has 0 aromatic carbocycles. The number of alkyl halides is 4. The van der Waals surface area contributed by atoms with Crippen LogP contribution in [-0.4, -0.2) is 42.6 Å². The normalized spacial score (nSPS) is 50.5. The highest BCUT2D eigenvalue weighted by Crippen LogP contribution is 2.78. The summed E-state index contributed by atoms with van der Waals surface area (Å²) in [6, 6.07) is 0. The van der Waals surface area contributed by atoms with Crippen LogP contribution in [-0.2, 0) is 9.47 Å². The van der Waals surface area contributed by atoms with E-state index in [9.17, 15) is 5.11 Å². The molecule has 7 aliphatic carbocycles. The smallest absolute Gasteiger partial charge is 0.339 e. The van der Waals surface area contributed by atoms with Crippen molar-refractivity contribution < 1.29 is 32.1 Å². The fraction of sp³-hybridized carbons (Fsp3) is 1.00. The molecule has 3 nitrogen and oxygen atoms in total.